The van der Waals surface area contributed by atoms with Crippen molar-refractivity contribution in [3.8, 4) is 11.5 Å². The Hall–Kier alpha value is -3.41. The Balaban J connectivity index is 1.99. The minimum Gasteiger partial charge on any atom is -0.465 e. The van der Waals surface area contributed by atoms with Crippen molar-refractivity contribution in [2.24, 2.45) is 7.05 Å². The predicted molar refractivity (Wildman–Crippen MR) is 91.1 cm³/mol. The van der Waals surface area contributed by atoms with Crippen LogP contribution < -0.4 is 0 Å². The summed E-state index contributed by atoms with van der Waals surface area (Å²) >= 11 is 1.19. The van der Waals surface area contributed by atoms with Crippen LogP contribution in [0.1, 0.15) is 15.2 Å². The second kappa shape index (κ2) is 5.56. The van der Waals surface area contributed by atoms with Crippen LogP contribution in [0, 0.1) is 17.0 Å². The van der Waals surface area contributed by atoms with Gasteiger partial charge in [-0.2, -0.15) is 5.10 Å². The standard InChI is InChI=1S/C14H11N7O4S/c1-6-8-12-16-11(9-7(21(23)24)4-19(2)17-9)18-20(12)5-15-13(8)26-10(6)14(22)25-3/h4-5H,1-3H3. The number of aryl methyl sites for hydroxylation is 2. The topological polar surface area (TPSA) is 130 Å². The summed E-state index contributed by atoms with van der Waals surface area (Å²) in [5.74, 6) is -0.347. The van der Waals surface area contributed by atoms with Crippen molar-refractivity contribution in [1.82, 2.24) is 29.4 Å². The molecule has 0 atom stereocenters. The molecule has 4 rings (SSSR count). The van der Waals surface area contributed by atoms with Gasteiger partial charge in [0.2, 0.25) is 11.5 Å². The smallest absolute Gasteiger partial charge is 0.348 e. The summed E-state index contributed by atoms with van der Waals surface area (Å²) in [6.45, 7) is 1.77. The molecule has 0 fully saturated rings. The molecule has 4 heterocycles. The number of methoxy groups -OCH3 is 1. The number of fused-ring (bicyclic) bond motifs is 3. The number of nitro groups is 1. The zero-order valence-electron chi connectivity index (χ0n) is 13.8. The summed E-state index contributed by atoms with van der Waals surface area (Å²) in [5, 5.41) is 20.2. The molecule has 4 aromatic heterocycles. The largest absolute Gasteiger partial charge is 0.465 e. The number of thiophene rings is 1. The summed E-state index contributed by atoms with van der Waals surface area (Å²) < 4.78 is 7.54. The highest BCUT2D eigenvalue weighted by atomic mass is 32.1. The van der Waals surface area contributed by atoms with Crippen molar-refractivity contribution in [3.63, 3.8) is 0 Å². The molecule has 0 saturated carbocycles. The molecule has 0 N–H and O–H groups in total. The number of aromatic nitrogens is 6. The van der Waals surface area contributed by atoms with E-state index in [0.717, 1.165) is 0 Å². The summed E-state index contributed by atoms with van der Waals surface area (Å²) in [6.07, 6.45) is 2.74. The third-order valence-electron chi connectivity index (χ3n) is 3.86. The number of hydrogen-bond donors (Lipinski definition) is 0. The first-order valence-corrected chi connectivity index (χ1v) is 8.13. The van der Waals surface area contributed by atoms with Crippen LogP contribution in [0.25, 0.3) is 27.4 Å². The van der Waals surface area contributed by atoms with E-state index in [2.05, 4.69) is 20.2 Å². The summed E-state index contributed by atoms with van der Waals surface area (Å²) in [7, 11) is 2.89. The number of carbonyl (C=O) groups is 1. The number of ether oxygens (including phenoxy) is 1. The van der Waals surface area contributed by atoms with Gasteiger partial charge in [0, 0.05) is 7.05 Å². The van der Waals surface area contributed by atoms with E-state index in [1.54, 1.807) is 14.0 Å². The number of nitrogens with zero attached hydrogens (tertiary/aromatic N) is 7. The summed E-state index contributed by atoms with van der Waals surface area (Å²) in [6, 6.07) is 0. The van der Waals surface area contributed by atoms with Gasteiger partial charge in [-0.25, -0.2) is 19.3 Å². The third-order valence-corrected chi connectivity index (χ3v) is 5.04. The van der Waals surface area contributed by atoms with Gasteiger partial charge in [0.15, 0.2) is 5.65 Å². The monoisotopic (exact) mass is 373 g/mol. The summed E-state index contributed by atoms with van der Waals surface area (Å²) in [5.41, 5.74) is 0.985. The molecule has 11 nitrogen and oxygen atoms in total. The van der Waals surface area contributed by atoms with Gasteiger partial charge in [-0.3, -0.25) is 14.8 Å². The maximum Gasteiger partial charge on any atom is 0.348 e. The first kappa shape index (κ1) is 16.1. The molecule has 0 unspecified atom stereocenters. The molecule has 132 valence electrons. The minimum atomic E-state index is -0.535. The molecule has 0 radical (unpaired) electrons. The van der Waals surface area contributed by atoms with E-state index in [1.165, 1.54) is 40.2 Å². The Morgan fingerprint density at radius 3 is 2.85 bits per heavy atom. The highest BCUT2D eigenvalue weighted by Crippen LogP contribution is 2.33. The SMILES string of the molecule is COC(=O)c1sc2ncn3nc(-c4nn(C)cc4[N+](=O)[O-])nc3c2c1C. The first-order valence-electron chi connectivity index (χ1n) is 7.32. The van der Waals surface area contributed by atoms with Crippen LogP contribution in [0.2, 0.25) is 0 Å². The zero-order valence-corrected chi connectivity index (χ0v) is 14.6. The highest BCUT2D eigenvalue weighted by Gasteiger charge is 2.26. The second-order valence-electron chi connectivity index (χ2n) is 5.47. The molecule has 0 aromatic carbocycles. The van der Waals surface area contributed by atoms with E-state index in [4.69, 9.17) is 4.74 Å². The van der Waals surface area contributed by atoms with Crippen molar-refractivity contribution >= 4 is 38.9 Å². The second-order valence-corrected chi connectivity index (χ2v) is 6.47. The van der Waals surface area contributed by atoms with E-state index in [1.807, 2.05) is 0 Å². The number of rotatable bonds is 3. The summed E-state index contributed by atoms with van der Waals surface area (Å²) in [4.78, 5) is 32.3. The van der Waals surface area contributed by atoms with Crippen molar-refractivity contribution in [1.29, 1.82) is 0 Å². The van der Waals surface area contributed by atoms with Gasteiger partial charge in [0.05, 0.1) is 17.4 Å². The van der Waals surface area contributed by atoms with Gasteiger partial charge in [-0.15, -0.1) is 16.4 Å². The molecule has 0 aliphatic carbocycles. The molecule has 0 bridgehead atoms. The van der Waals surface area contributed by atoms with E-state index < -0.39 is 10.9 Å². The van der Waals surface area contributed by atoms with Crippen molar-refractivity contribution < 1.29 is 14.5 Å². The molecule has 0 saturated heterocycles. The van der Waals surface area contributed by atoms with Gasteiger partial charge in [-0.1, -0.05) is 0 Å². The maximum absolute atomic E-state index is 11.9. The van der Waals surface area contributed by atoms with Crippen molar-refractivity contribution in [2.75, 3.05) is 7.11 Å². The van der Waals surface area contributed by atoms with E-state index >= 15 is 0 Å². The van der Waals surface area contributed by atoms with Gasteiger partial charge in [-0.05, 0) is 12.5 Å². The number of esters is 1. The Kier molecular flexibility index (Phi) is 3.44. The molecule has 0 aliphatic heterocycles. The molecule has 0 amide bonds. The van der Waals surface area contributed by atoms with Crippen LogP contribution in [0.4, 0.5) is 5.69 Å². The lowest BCUT2D eigenvalue weighted by molar-refractivity contribution is -0.384. The fourth-order valence-electron chi connectivity index (χ4n) is 2.69. The third kappa shape index (κ3) is 2.23. The lowest BCUT2D eigenvalue weighted by atomic mass is 10.2. The van der Waals surface area contributed by atoms with Crippen molar-refractivity contribution in [3.05, 3.63) is 33.1 Å². The average Bonchev–Trinajstić information content (AvgIpc) is 3.28. The number of carbonyl (C=O) groups excluding carboxylic acids is 1. The number of hydrogen-bond acceptors (Lipinski definition) is 9. The van der Waals surface area contributed by atoms with Gasteiger partial charge in [0.25, 0.3) is 0 Å². The van der Waals surface area contributed by atoms with Crippen LogP contribution >= 0.6 is 11.3 Å². The first-order chi connectivity index (χ1) is 12.4. The average molecular weight is 373 g/mol. The lowest BCUT2D eigenvalue weighted by Crippen LogP contribution is -1.99. The zero-order chi connectivity index (χ0) is 18.6. The van der Waals surface area contributed by atoms with Crippen LogP contribution in [-0.4, -0.2) is 47.4 Å². The Morgan fingerprint density at radius 2 is 2.15 bits per heavy atom. The van der Waals surface area contributed by atoms with E-state index in [-0.39, 0.29) is 17.2 Å². The molecular formula is C14H11N7O4S. The molecule has 4 aromatic rings. The molecule has 12 heteroatoms. The quantitative estimate of drug-likeness (QED) is 0.301. The van der Waals surface area contributed by atoms with Gasteiger partial charge in [0.1, 0.15) is 22.2 Å². The van der Waals surface area contributed by atoms with Crippen molar-refractivity contribution in [2.45, 2.75) is 6.92 Å². The maximum atomic E-state index is 11.9. The molecule has 26 heavy (non-hydrogen) atoms. The molecule has 0 aliphatic rings. The Bertz CT molecular complexity index is 1210. The van der Waals surface area contributed by atoms with E-state index in [0.29, 0.717) is 26.3 Å². The molecular weight excluding hydrogens is 362 g/mol. The predicted octanol–water partition coefficient (Wildman–Crippen LogP) is 1.74. The fraction of sp³-hybridized carbons (Fsp3) is 0.214. The van der Waals surface area contributed by atoms with Gasteiger partial charge < -0.3 is 4.74 Å². The van der Waals surface area contributed by atoms with Gasteiger partial charge >= 0.3 is 11.7 Å². The molecule has 0 spiro atoms. The Labute approximate surface area is 149 Å². The van der Waals surface area contributed by atoms with Crippen LogP contribution in [0.15, 0.2) is 12.5 Å². The van der Waals surface area contributed by atoms with Crippen LogP contribution in [0.5, 0.6) is 0 Å². The fourth-order valence-corrected chi connectivity index (χ4v) is 3.75. The highest BCUT2D eigenvalue weighted by molar-refractivity contribution is 7.20. The lowest BCUT2D eigenvalue weighted by Gasteiger charge is -1.96. The minimum absolute atomic E-state index is 0.0652. The van der Waals surface area contributed by atoms with Crippen LogP contribution in [-0.2, 0) is 11.8 Å². The van der Waals surface area contributed by atoms with E-state index in [9.17, 15) is 14.9 Å². The van der Waals surface area contributed by atoms with Crippen LogP contribution in [0.3, 0.4) is 0 Å². The normalized spacial score (nSPS) is 11.3. The Morgan fingerprint density at radius 1 is 1.38 bits per heavy atom.